The number of nitrogens with zero attached hydrogens (tertiary/aromatic N) is 1. The van der Waals surface area contributed by atoms with Gasteiger partial charge in [0.05, 0.1) is 7.11 Å². The summed E-state index contributed by atoms with van der Waals surface area (Å²) >= 11 is 0. The first-order chi connectivity index (χ1) is 10.1. The number of ether oxygens (including phenoxy) is 1. The van der Waals surface area contributed by atoms with Crippen molar-refractivity contribution in [2.24, 2.45) is 0 Å². The minimum Gasteiger partial charge on any atom is -0.496 e. The summed E-state index contributed by atoms with van der Waals surface area (Å²) in [6.45, 7) is 7.75. The quantitative estimate of drug-likeness (QED) is 0.901. The van der Waals surface area contributed by atoms with Crippen LogP contribution in [0.2, 0.25) is 0 Å². The van der Waals surface area contributed by atoms with E-state index in [0.717, 1.165) is 30.8 Å². The Bertz CT molecular complexity index is 452. The normalized spacial score (nSPS) is 21.8. The highest BCUT2D eigenvalue weighted by molar-refractivity contribution is 5.36. The summed E-state index contributed by atoms with van der Waals surface area (Å²) in [7, 11) is 1.63. The average molecular weight is 294 g/mol. The van der Waals surface area contributed by atoms with Crippen LogP contribution >= 0.6 is 0 Å². The molecule has 0 bridgehead atoms. The molecule has 1 saturated heterocycles. The smallest absolute Gasteiger partial charge is 0.123 e. The number of methoxy groups -OCH3 is 1. The van der Waals surface area contributed by atoms with Crippen molar-refractivity contribution in [3.8, 4) is 5.75 Å². The number of rotatable bonds is 5. The zero-order chi connectivity index (χ0) is 15.2. The van der Waals surface area contributed by atoms with Crippen molar-refractivity contribution in [2.45, 2.75) is 45.2 Å². The highest BCUT2D eigenvalue weighted by Gasteiger charge is 2.20. The predicted octanol–water partition coefficient (Wildman–Crippen LogP) is 3.36. The van der Waals surface area contributed by atoms with Crippen LogP contribution < -0.4 is 10.1 Å². The summed E-state index contributed by atoms with van der Waals surface area (Å²) in [6, 6.07) is 5.30. The second kappa shape index (κ2) is 7.76. The van der Waals surface area contributed by atoms with E-state index in [1.165, 1.54) is 25.5 Å². The molecule has 0 amide bonds. The maximum absolute atomic E-state index is 13.5. The van der Waals surface area contributed by atoms with Gasteiger partial charge in [0.1, 0.15) is 11.6 Å². The van der Waals surface area contributed by atoms with Gasteiger partial charge in [-0.1, -0.05) is 6.92 Å². The van der Waals surface area contributed by atoms with Crippen molar-refractivity contribution in [1.82, 2.24) is 10.2 Å². The summed E-state index contributed by atoms with van der Waals surface area (Å²) < 4.78 is 18.8. The average Bonchev–Trinajstić information content (AvgIpc) is 2.72. The Morgan fingerprint density at radius 2 is 2.19 bits per heavy atom. The molecule has 4 heteroatoms. The van der Waals surface area contributed by atoms with E-state index in [1.807, 2.05) is 0 Å². The maximum Gasteiger partial charge on any atom is 0.123 e. The number of hydrogen-bond donors (Lipinski definition) is 1. The molecular formula is C17H27FN2O. The topological polar surface area (TPSA) is 24.5 Å². The molecule has 118 valence electrons. The third kappa shape index (κ3) is 4.42. The fourth-order valence-electron chi connectivity index (χ4n) is 3.13. The van der Waals surface area contributed by atoms with Crippen LogP contribution in [0.1, 0.15) is 44.7 Å². The van der Waals surface area contributed by atoms with E-state index >= 15 is 0 Å². The van der Waals surface area contributed by atoms with Crippen LogP contribution in [0.4, 0.5) is 4.39 Å². The van der Waals surface area contributed by atoms with Crippen LogP contribution in [0.15, 0.2) is 18.2 Å². The highest BCUT2D eigenvalue weighted by atomic mass is 19.1. The molecule has 1 aromatic carbocycles. The Morgan fingerprint density at radius 3 is 2.90 bits per heavy atom. The van der Waals surface area contributed by atoms with Gasteiger partial charge in [-0.3, -0.25) is 0 Å². The van der Waals surface area contributed by atoms with Gasteiger partial charge >= 0.3 is 0 Å². The molecule has 0 aliphatic carbocycles. The van der Waals surface area contributed by atoms with Crippen molar-refractivity contribution in [3.63, 3.8) is 0 Å². The van der Waals surface area contributed by atoms with Crippen LogP contribution in [0.25, 0.3) is 0 Å². The Labute approximate surface area is 127 Å². The molecule has 0 radical (unpaired) electrons. The Kier molecular flexibility index (Phi) is 6.00. The van der Waals surface area contributed by atoms with E-state index in [-0.39, 0.29) is 11.9 Å². The van der Waals surface area contributed by atoms with Gasteiger partial charge in [0, 0.05) is 17.6 Å². The van der Waals surface area contributed by atoms with Gasteiger partial charge in [0.2, 0.25) is 0 Å². The Morgan fingerprint density at radius 1 is 1.38 bits per heavy atom. The number of benzene rings is 1. The second-order valence-corrected chi connectivity index (χ2v) is 5.84. The monoisotopic (exact) mass is 294 g/mol. The molecule has 1 heterocycles. The molecular weight excluding hydrogens is 267 g/mol. The number of hydrogen-bond acceptors (Lipinski definition) is 3. The van der Waals surface area contributed by atoms with E-state index in [1.54, 1.807) is 19.2 Å². The van der Waals surface area contributed by atoms with Crippen molar-refractivity contribution >= 4 is 0 Å². The third-order valence-corrected chi connectivity index (χ3v) is 4.41. The first-order valence-electron chi connectivity index (χ1n) is 7.96. The fourth-order valence-corrected chi connectivity index (χ4v) is 3.13. The first kappa shape index (κ1) is 16.2. The van der Waals surface area contributed by atoms with Gasteiger partial charge in [0.15, 0.2) is 0 Å². The van der Waals surface area contributed by atoms with Crippen molar-refractivity contribution < 1.29 is 9.13 Å². The van der Waals surface area contributed by atoms with Gasteiger partial charge in [-0.2, -0.15) is 0 Å². The van der Waals surface area contributed by atoms with Gasteiger partial charge in [-0.25, -0.2) is 4.39 Å². The molecule has 1 aliphatic rings. The zero-order valence-corrected chi connectivity index (χ0v) is 13.4. The summed E-state index contributed by atoms with van der Waals surface area (Å²) in [4.78, 5) is 2.50. The fraction of sp³-hybridized carbons (Fsp3) is 0.647. The Hall–Kier alpha value is -1.13. The number of likely N-dealkylation sites (tertiary alicyclic amines) is 1. The molecule has 0 saturated carbocycles. The molecule has 0 spiro atoms. The zero-order valence-electron chi connectivity index (χ0n) is 13.4. The van der Waals surface area contributed by atoms with Gasteiger partial charge < -0.3 is 15.0 Å². The van der Waals surface area contributed by atoms with Crippen LogP contribution in [-0.4, -0.2) is 37.7 Å². The molecule has 2 unspecified atom stereocenters. The molecule has 21 heavy (non-hydrogen) atoms. The largest absolute Gasteiger partial charge is 0.496 e. The Balaban J connectivity index is 2.00. The maximum atomic E-state index is 13.5. The molecule has 1 aromatic rings. The second-order valence-electron chi connectivity index (χ2n) is 5.84. The summed E-state index contributed by atoms with van der Waals surface area (Å²) in [5, 5.41) is 3.65. The molecule has 2 atom stereocenters. The number of nitrogens with one attached hydrogen (secondary N) is 1. The SMILES string of the molecule is CCN1CCCC(NC(C)c2cc(F)ccc2OC)CC1. The summed E-state index contributed by atoms with van der Waals surface area (Å²) in [5.74, 6) is 0.540. The van der Waals surface area contributed by atoms with Crippen molar-refractivity contribution in [3.05, 3.63) is 29.6 Å². The van der Waals surface area contributed by atoms with Gasteiger partial charge in [-0.05, 0) is 64.0 Å². The third-order valence-electron chi connectivity index (χ3n) is 4.41. The molecule has 1 fully saturated rings. The van der Waals surface area contributed by atoms with E-state index in [4.69, 9.17) is 4.74 Å². The minimum atomic E-state index is -0.211. The van der Waals surface area contributed by atoms with E-state index < -0.39 is 0 Å². The lowest BCUT2D eigenvalue weighted by atomic mass is 10.0. The van der Waals surface area contributed by atoms with Gasteiger partial charge in [0.25, 0.3) is 0 Å². The highest BCUT2D eigenvalue weighted by Crippen LogP contribution is 2.27. The van der Waals surface area contributed by atoms with E-state index in [2.05, 4.69) is 24.1 Å². The standard InChI is InChI=1S/C17H27FN2O/c1-4-20-10-5-6-15(9-11-20)19-13(2)16-12-14(18)7-8-17(16)21-3/h7-8,12-13,15,19H,4-6,9-11H2,1-3H3. The lowest BCUT2D eigenvalue weighted by molar-refractivity contribution is 0.295. The minimum absolute atomic E-state index is 0.0915. The van der Waals surface area contributed by atoms with E-state index in [0.29, 0.717) is 6.04 Å². The van der Waals surface area contributed by atoms with Crippen molar-refractivity contribution in [2.75, 3.05) is 26.7 Å². The van der Waals surface area contributed by atoms with Crippen LogP contribution in [0.5, 0.6) is 5.75 Å². The van der Waals surface area contributed by atoms with Crippen molar-refractivity contribution in [1.29, 1.82) is 0 Å². The molecule has 3 nitrogen and oxygen atoms in total. The molecule has 0 aromatic heterocycles. The predicted molar refractivity (Wildman–Crippen MR) is 84.3 cm³/mol. The lowest BCUT2D eigenvalue weighted by Crippen LogP contribution is -2.33. The van der Waals surface area contributed by atoms with E-state index in [9.17, 15) is 4.39 Å². The summed E-state index contributed by atoms with van der Waals surface area (Å²) in [6.07, 6.45) is 3.55. The first-order valence-corrected chi connectivity index (χ1v) is 7.96. The molecule has 2 rings (SSSR count). The van der Waals surface area contributed by atoms with Gasteiger partial charge in [-0.15, -0.1) is 0 Å². The van der Waals surface area contributed by atoms with Crippen LogP contribution in [0, 0.1) is 5.82 Å². The number of halogens is 1. The van der Waals surface area contributed by atoms with Crippen LogP contribution in [0.3, 0.4) is 0 Å². The summed E-state index contributed by atoms with van der Waals surface area (Å²) in [5.41, 5.74) is 0.897. The molecule has 1 aliphatic heterocycles. The van der Waals surface area contributed by atoms with Crippen LogP contribution in [-0.2, 0) is 0 Å². The molecule has 1 N–H and O–H groups in total. The lowest BCUT2D eigenvalue weighted by Gasteiger charge is -2.24.